The molecule has 13 heavy (non-hydrogen) atoms. The molecule has 0 amide bonds. The van der Waals surface area contributed by atoms with Crippen LogP contribution in [0.4, 0.5) is 0 Å². The molecular formula is C5H14NO6P. The summed E-state index contributed by atoms with van der Waals surface area (Å²) >= 11 is 0. The Balaban J connectivity index is 3.66. The van der Waals surface area contributed by atoms with Crippen LogP contribution in [0.1, 0.15) is 0 Å². The van der Waals surface area contributed by atoms with Crippen molar-refractivity contribution in [2.45, 2.75) is 6.10 Å². The maximum Gasteiger partial charge on any atom is 0.472 e. The lowest BCUT2D eigenvalue weighted by Crippen LogP contribution is -2.19. The minimum atomic E-state index is -4.18. The average molecular weight is 216 g/mol. The normalized spacial score (nSPS) is 19.2. The molecule has 0 aromatic heterocycles. The SMILES string of the molecule is [2H]NCCOP(=O)(O)OC[C@H](O)CO. The van der Waals surface area contributed by atoms with Crippen molar-refractivity contribution in [3.8, 4) is 0 Å². The second kappa shape index (κ2) is 6.44. The van der Waals surface area contributed by atoms with Crippen LogP contribution in [0, 0.1) is 0 Å². The van der Waals surface area contributed by atoms with Crippen molar-refractivity contribution >= 4 is 7.82 Å². The summed E-state index contributed by atoms with van der Waals surface area (Å²) in [6, 6.07) is 0. The van der Waals surface area contributed by atoms with Crippen LogP contribution in [0.25, 0.3) is 0 Å². The summed E-state index contributed by atoms with van der Waals surface area (Å²) in [6.45, 7) is -1.13. The van der Waals surface area contributed by atoms with Crippen LogP contribution < -0.4 is 5.73 Å². The van der Waals surface area contributed by atoms with Crippen LogP contribution in [-0.2, 0) is 13.6 Å². The number of aliphatic hydroxyl groups excluding tert-OH is 2. The van der Waals surface area contributed by atoms with E-state index in [1.807, 2.05) is 5.73 Å². The van der Waals surface area contributed by atoms with Crippen LogP contribution in [0.3, 0.4) is 0 Å². The van der Waals surface area contributed by atoms with E-state index in [0.29, 0.717) is 0 Å². The zero-order chi connectivity index (χ0) is 11.0. The number of hydrogen-bond donors (Lipinski definition) is 4. The Morgan fingerprint density at radius 1 is 1.62 bits per heavy atom. The van der Waals surface area contributed by atoms with Crippen molar-refractivity contribution in [1.29, 1.82) is 0 Å². The summed E-state index contributed by atoms with van der Waals surface area (Å²) in [5.41, 5.74) is 1.96. The molecule has 0 rings (SSSR count). The average Bonchev–Trinajstić information content (AvgIpc) is 2.14. The smallest absolute Gasteiger partial charge is 0.394 e. The third-order valence-electron chi connectivity index (χ3n) is 0.997. The van der Waals surface area contributed by atoms with Gasteiger partial charge in [-0.25, -0.2) is 4.57 Å². The van der Waals surface area contributed by atoms with Gasteiger partial charge in [-0.1, -0.05) is 0 Å². The minimum absolute atomic E-state index is 0.0798. The molecule has 2 atom stereocenters. The lowest BCUT2D eigenvalue weighted by atomic mass is 10.4. The fraction of sp³-hybridized carbons (Fsp3) is 1.00. The van der Waals surface area contributed by atoms with Gasteiger partial charge in [-0.15, -0.1) is 0 Å². The molecule has 0 aliphatic heterocycles. The predicted molar refractivity (Wildman–Crippen MR) is 43.9 cm³/mol. The molecule has 0 aromatic rings. The van der Waals surface area contributed by atoms with Gasteiger partial charge in [0.1, 0.15) is 7.52 Å². The number of hydrogen-bond acceptors (Lipinski definition) is 6. The molecule has 1 unspecified atom stereocenters. The van der Waals surface area contributed by atoms with Gasteiger partial charge < -0.3 is 20.8 Å². The fourth-order valence-electron chi connectivity index (χ4n) is 0.431. The largest absolute Gasteiger partial charge is 0.472 e. The maximum atomic E-state index is 10.9. The van der Waals surface area contributed by atoms with E-state index in [2.05, 4.69) is 9.05 Å². The molecule has 0 fully saturated rings. The number of phosphoric ester groups is 1. The van der Waals surface area contributed by atoms with Gasteiger partial charge in [0.25, 0.3) is 0 Å². The first-order valence-electron chi connectivity index (χ1n) is 4.07. The Labute approximate surface area is 77.2 Å². The third-order valence-corrected chi connectivity index (χ3v) is 1.98. The van der Waals surface area contributed by atoms with E-state index in [-0.39, 0.29) is 13.2 Å². The molecule has 0 saturated heterocycles. The Hall–Kier alpha value is -0.0100. The molecule has 80 valence electrons. The van der Waals surface area contributed by atoms with Crippen LogP contribution >= 0.6 is 7.82 Å². The van der Waals surface area contributed by atoms with Gasteiger partial charge in [-0.3, -0.25) is 9.05 Å². The Morgan fingerprint density at radius 2 is 2.31 bits per heavy atom. The van der Waals surface area contributed by atoms with Crippen LogP contribution in [0.5, 0.6) is 0 Å². The number of phosphoric acid groups is 1. The van der Waals surface area contributed by atoms with Crippen molar-refractivity contribution in [3.63, 3.8) is 0 Å². The first-order chi connectivity index (χ1) is 6.52. The maximum absolute atomic E-state index is 10.9. The van der Waals surface area contributed by atoms with Gasteiger partial charge in [-0.2, -0.15) is 0 Å². The summed E-state index contributed by atoms with van der Waals surface area (Å²) < 4.78 is 26.1. The van der Waals surface area contributed by atoms with Gasteiger partial charge in [0.2, 0.25) is 0 Å². The Bertz CT molecular complexity index is 193. The summed E-state index contributed by atoms with van der Waals surface area (Å²) in [4.78, 5) is 8.91. The van der Waals surface area contributed by atoms with Crippen LogP contribution in [0.2, 0.25) is 1.41 Å². The lowest BCUT2D eigenvalue weighted by molar-refractivity contribution is 0.0367. The Kier molecular flexibility index (Phi) is 5.49. The van der Waals surface area contributed by atoms with Crippen molar-refractivity contribution < 1.29 is 30.1 Å². The standard InChI is InChI=1S/C5H14NO6P/c6-1-2-11-13(9,10)12-4-5(8)3-7/h5,7-8H,1-4,6H2,(H,9,10)/t5-/m1/s1/i/hD. The molecule has 0 saturated carbocycles. The lowest BCUT2D eigenvalue weighted by Gasteiger charge is -2.13. The van der Waals surface area contributed by atoms with E-state index >= 15 is 0 Å². The molecule has 0 bridgehead atoms. The number of nitrogens with two attached hydrogens (primary N) is 1. The minimum Gasteiger partial charge on any atom is -0.394 e. The van der Waals surface area contributed by atoms with E-state index in [4.69, 9.17) is 16.5 Å². The zero-order valence-electron chi connectivity index (χ0n) is 7.92. The summed E-state index contributed by atoms with van der Waals surface area (Å²) in [7, 11) is -4.18. The highest BCUT2D eigenvalue weighted by Crippen LogP contribution is 2.42. The van der Waals surface area contributed by atoms with E-state index in [1.165, 1.54) is 0 Å². The molecule has 8 heteroatoms. The number of rotatable bonds is 8. The molecule has 7 nitrogen and oxygen atoms in total. The second-order valence-corrected chi connectivity index (χ2v) is 3.64. The van der Waals surface area contributed by atoms with Crippen LogP contribution in [0.15, 0.2) is 0 Å². The summed E-state index contributed by atoms with van der Waals surface area (Å²) in [5, 5.41) is 17.2. The van der Waals surface area contributed by atoms with E-state index < -0.39 is 27.1 Å². The molecule has 0 aromatic carbocycles. The second-order valence-electron chi connectivity index (χ2n) is 2.18. The molecule has 0 aliphatic carbocycles. The first-order valence-corrected chi connectivity index (χ1v) is 5.06. The van der Waals surface area contributed by atoms with Gasteiger partial charge in [0, 0.05) is 6.54 Å². The van der Waals surface area contributed by atoms with Gasteiger partial charge in [-0.05, 0) is 0 Å². The van der Waals surface area contributed by atoms with Crippen LogP contribution in [-0.4, -0.2) is 47.6 Å². The molecule has 0 spiro atoms. The molecule has 0 heterocycles. The highest BCUT2D eigenvalue weighted by atomic mass is 31.2. The number of aliphatic hydroxyl groups is 2. The predicted octanol–water partition coefficient (Wildman–Crippen LogP) is -1.57. The van der Waals surface area contributed by atoms with Crippen molar-refractivity contribution in [2.24, 2.45) is 5.73 Å². The van der Waals surface area contributed by atoms with Crippen molar-refractivity contribution in [1.82, 2.24) is 0 Å². The highest BCUT2D eigenvalue weighted by molar-refractivity contribution is 7.47. The summed E-state index contributed by atoms with van der Waals surface area (Å²) in [6.07, 6.45) is -1.21. The van der Waals surface area contributed by atoms with E-state index in [9.17, 15) is 4.57 Å². The topological polar surface area (TPSA) is 122 Å². The van der Waals surface area contributed by atoms with Crippen molar-refractivity contribution in [2.75, 3.05) is 26.4 Å². The van der Waals surface area contributed by atoms with Gasteiger partial charge in [0.15, 0.2) is 0 Å². The monoisotopic (exact) mass is 216 g/mol. The first kappa shape index (κ1) is 11.1. The third kappa shape index (κ3) is 7.09. The molecule has 0 radical (unpaired) electrons. The summed E-state index contributed by atoms with van der Waals surface area (Å²) in [5.74, 6) is 0. The van der Waals surface area contributed by atoms with Gasteiger partial charge in [0.05, 0.1) is 19.8 Å². The quantitative estimate of drug-likeness (QED) is 0.285. The van der Waals surface area contributed by atoms with E-state index in [1.54, 1.807) is 0 Å². The van der Waals surface area contributed by atoms with E-state index in [0.717, 1.165) is 0 Å². The van der Waals surface area contributed by atoms with Gasteiger partial charge >= 0.3 is 7.82 Å². The highest BCUT2D eigenvalue weighted by Gasteiger charge is 2.21. The van der Waals surface area contributed by atoms with Crippen molar-refractivity contribution in [3.05, 3.63) is 0 Å². The molecule has 5 N–H and O–H groups in total. The zero-order valence-corrected chi connectivity index (χ0v) is 7.81. The fourth-order valence-corrected chi connectivity index (χ4v) is 1.19. The molecular weight excluding hydrogens is 201 g/mol. The Morgan fingerprint density at radius 3 is 2.85 bits per heavy atom. The molecule has 0 aliphatic rings.